The van der Waals surface area contributed by atoms with E-state index in [9.17, 15) is 4.79 Å². The molecule has 2 rings (SSSR count). The quantitative estimate of drug-likeness (QED) is 0.664. The highest BCUT2D eigenvalue weighted by atomic mass is 35.5. The normalized spacial score (nSPS) is 10.7. The first-order valence-electron chi connectivity index (χ1n) is 6.35. The molecule has 0 aliphatic heterocycles. The molecule has 0 radical (unpaired) electrons. The number of carbonyl (C=O) groups is 1. The third kappa shape index (κ3) is 4.86. The molecule has 4 heteroatoms. The molecule has 2 aromatic carbocycles. The van der Waals surface area contributed by atoms with E-state index in [4.69, 9.17) is 11.6 Å². The molecule has 0 bridgehead atoms. The summed E-state index contributed by atoms with van der Waals surface area (Å²) in [5.41, 5.74) is 4.50. The van der Waals surface area contributed by atoms with E-state index in [1.54, 1.807) is 18.3 Å². The maximum absolute atomic E-state index is 11.6. The van der Waals surface area contributed by atoms with Gasteiger partial charge in [0.05, 0.1) is 6.21 Å². The van der Waals surface area contributed by atoms with Gasteiger partial charge in [-0.25, -0.2) is 5.43 Å². The zero-order valence-electron chi connectivity index (χ0n) is 10.9. The minimum Gasteiger partial charge on any atom is -0.273 e. The Labute approximate surface area is 123 Å². The minimum absolute atomic E-state index is 0.105. The third-order valence-electron chi connectivity index (χ3n) is 2.74. The standard InChI is InChI=1S/C16H15ClN2O/c17-15-8-4-7-14(11-15)12-18-19-16(20)10-9-13-5-2-1-3-6-13/h1-8,11-12H,9-10H2,(H,19,20). The number of hydrogen-bond acceptors (Lipinski definition) is 2. The summed E-state index contributed by atoms with van der Waals surface area (Å²) in [6.07, 6.45) is 2.70. The number of rotatable bonds is 5. The summed E-state index contributed by atoms with van der Waals surface area (Å²) in [6, 6.07) is 17.2. The number of hydrogen-bond donors (Lipinski definition) is 1. The molecule has 0 aliphatic carbocycles. The molecule has 102 valence electrons. The molecule has 1 amide bonds. The van der Waals surface area contributed by atoms with Crippen LogP contribution in [-0.4, -0.2) is 12.1 Å². The van der Waals surface area contributed by atoms with Crippen molar-refractivity contribution in [3.63, 3.8) is 0 Å². The number of nitrogens with one attached hydrogen (secondary N) is 1. The molecular weight excluding hydrogens is 272 g/mol. The van der Waals surface area contributed by atoms with Crippen molar-refractivity contribution in [3.8, 4) is 0 Å². The molecule has 3 nitrogen and oxygen atoms in total. The maximum atomic E-state index is 11.6. The van der Waals surface area contributed by atoms with Crippen LogP contribution < -0.4 is 5.43 Å². The molecule has 0 fully saturated rings. The SMILES string of the molecule is O=C(CCc1ccccc1)NN=Cc1cccc(Cl)c1. The van der Waals surface area contributed by atoms with Crippen molar-refractivity contribution in [2.24, 2.45) is 5.10 Å². The number of benzene rings is 2. The number of halogens is 1. The van der Waals surface area contributed by atoms with Crippen LogP contribution in [0.25, 0.3) is 0 Å². The highest BCUT2D eigenvalue weighted by Crippen LogP contribution is 2.08. The van der Waals surface area contributed by atoms with Crippen LogP contribution in [0.2, 0.25) is 5.02 Å². The first-order valence-corrected chi connectivity index (χ1v) is 6.73. The van der Waals surface area contributed by atoms with Gasteiger partial charge in [-0.05, 0) is 29.7 Å². The Balaban J connectivity index is 1.78. The Morgan fingerprint density at radius 3 is 2.70 bits per heavy atom. The second kappa shape index (κ2) is 7.46. The van der Waals surface area contributed by atoms with Gasteiger partial charge in [0.1, 0.15) is 0 Å². The summed E-state index contributed by atoms with van der Waals surface area (Å²) < 4.78 is 0. The largest absolute Gasteiger partial charge is 0.273 e. The Morgan fingerprint density at radius 1 is 1.15 bits per heavy atom. The van der Waals surface area contributed by atoms with Gasteiger partial charge in [-0.1, -0.05) is 54.1 Å². The van der Waals surface area contributed by atoms with Crippen molar-refractivity contribution < 1.29 is 4.79 Å². The predicted octanol–water partition coefficient (Wildman–Crippen LogP) is 3.42. The van der Waals surface area contributed by atoms with Crippen LogP contribution in [0.5, 0.6) is 0 Å². The van der Waals surface area contributed by atoms with Crippen molar-refractivity contribution in [3.05, 3.63) is 70.7 Å². The van der Waals surface area contributed by atoms with E-state index < -0.39 is 0 Å². The molecule has 0 saturated heterocycles. The lowest BCUT2D eigenvalue weighted by Gasteiger charge is -2.00. The topological polar surface area (TPSA) is 41.5 Å². The van der Waals surface area contributed by atoms with Crippen LogP contribution in [0.1, 0.15) is 17.5 Å². The lowest BCUT2D eigenvalue weighted by molar-refractivity contribution is -0.121. The summed E-state index contributed by atoms with van der Waals surface area (Å²) in [5.74, 6) is -0.105. The molecular formula is C16H15ClN2O. The van der Waals surface area contributed by atoms with Crippen LogP contribution >= 0.6 is 11.6 Å². The van der Waals surface area contributed by atoms with Crippen LogP contribution in [-0.2, 0) is 11.2 Å². The van der Waals surface area contributed by atoms with E-state index in [0.717, 1.165) is 11.1 Å². The average Bonchev–Trinajstić information content (AvgIpc) is 2.46. The summed E-state index contributed by atoms with van der Waals surface area (Å²) in [5, 5.41) is 4.55. The van der Waals surface area contributed by atoms with Crippen LogP contribution in [0, 0.1) is 0 Å². The van der Waals surface area contributed by atoms with Crippen molar-refractivity contribution in [2.45, 2.75) is 12.8 Å². The zero-order valence-corrected chi connectivity index (χ0v) is 11.7. The molecule has 0 heterocycles. The van der Waals surface area contributed by atoms with Gasteiger partial charge in [0.2, 0.25) is 5.91 Å². The van der Waals surface area contributed by atoms with Gasteiger partial charge in [0.25, 0.3) is 0 Å². The first-order chi connectivity index (χ1) is 9.74. The van der Waals surface area contributed by atoms with E-state index in [0.29, 0.717) is 17.9 Å². The van der Waals surface area contributed by atoms with E-state index in [1.807, 2.05) is 42.5 Å². The highest BCUT2D eigenvalue weighted by Gasteiger charge is 2.00. The van der Waals surface area contributed by atoms with Crippen LogP contribution in [0.4, 0.5) is 0 Å². The molecule has 0 spiro atoms. The Bertz CT molecular complexity index is 596. The fourth-order valence-electron chi connectivity index (χ4n) is 1.72. The molecule has 20 heavy (non-hydrogen) atoms. The van der Waals surface area contributed by atoms with Crippen molar-refractivity contribution in [1.82, 2.24) is 5.43 Å². The summed E-state index contributed by atoms with van der Waals surface area (Å²) in [7, 11) is 0. The second-order valence-corrected chi connectivity index (χ2v) is 4.77. The van der Waals surface area contributed by atoms with Gasteiger partial charge in [0.15, 0.2) is 0 Å². The smallest absolute Gasteiger partial charge is 0.240 e. The average molecular weight is 287 g/mol. The fraction of sp³-hybridized carbons (Fsp3) is 0.125. The molecule has 0 aromatic heterocycles. The Hall–Kier alpha value is -2.13. The molecule has 0 atom stereocenters. The Morgan fingerprint density at radius 2 is 1.95 bits per heavy atom. The predicted molar refractivity (Wildman–Crippen MR) is 82.0 cm³/mol. The Kier molecular flexibility index (Phi) is 5.33. The fourth-order valence-corrected chi connectivity index (χ4v) is 1.92. The van der Waals surface area contributed by atoms with E-state index in [1.165, 1.54) is 0 Å². The van der Waals surface area contributed by atoms with Crippen LogP contribution in [0.15, 0.2) is 59.7 Å². The second-order valence-electron chi connectivity index (χ2n) is 4.33. The number of carbonyl (C=O) groups excluding carboxylic acids is 1. The van der Waals surface area contributed by atoms with E-state index >= 15 is 0 Å². The summed E-state index contributed by atoms with van der Waals surface area (Å²) >= 11 is 5.85. The highest BCUT2D eigenvalue weighted by molar-refractivity contribution is 6.30. The van der Waals surface area contributed by atoms with Gasteiger partial charge >= 0.3 is 0 Å². The minimum atomic E-state index is -0.105. The van der Waals surface area contributed by atoms with E-state index in [-0.39, 0.29) is 5.91 Å². The third-order valence-corrected chi connectivity index (χ3v) is 2.97. The lowest BCUT2D eigenvalue weighted by atomic mass is 10.1. The van der Waals surface area contributed by atoms with Gasteiger partial charge in [-0.3, -0.25) is 4.79 Å². The summed E-state index contributed by atoms with van der Waals surface area (Å²) in [6.45, 7) is 0. The summed E-state index contributed by atoms with van der Waals surface area (Å²) in [4.78, 5) is 11.6. The zero-order chi connectivity index (χ0) is 14.2. The van der Waals surface area contributed by atoms with Gasteiger partial charge in [-0.2, -0.15) is 5.10 Å². The van der Waals surface area contributed by atoms with Gasteiger partial charge < -0.3 is 0 Å². The number of amides is 1. The lowest BCUT2D eigenvalue weighted by Crippen LogP contribution is -2.17. The molecule has 0 unspecified atom stereocenters. The number of nitrogens with zero attached hydrogens (tertiary/aromatic N) is 1. The van der Waals surface area contributed by atoms with Crippen molar-refractivity contribution in [1.29, 1.82) is 0 Å². The van der Waals surface area contributed by atoms with Crippen molar-refractivity contribution >= 4 is 23.7 Å². The first kappa shape index (κ1) is 14.3. The van der Waals surface area contributed by atoms with Crippen molar-refractivity contribution in [2.75, 3.05) is 0 Å². The molecule has 2 aromatic rings. The maximum Gasteiger partial charge on any atom is 0.240 e. The molecule has 0 aliphatic rings. The van der Waals surface area contributed by atoms with E-state index in [2.05, 4.69) is 10.5 Å². The van der Waals surface area contributed by atoms with Gasteiger partial charge in [0, 0.05) is 11.4 Å². The van der Waals surface area contributed by atoms with Crippen LogP contribution in [0.3, 0.4) is 0 Å². The molecule has 1 N–H and O–H groups in total. The number of hydrazone groups is 1. The number of aryl methyl sites for hydroxylation is 1. The monoisotopic (exact) mass is 286 g/mol. The van der Waals surface area contributed by atoms with Gasteiger partial charge in [-0.15, -0.1) is 0 Å². The molecule has 0 saturated carbocycles.